The van der Waals surface area contributed by atoms with Crippen molar-refractivity contribution in [2.75, 3.05) is 19.6 Å². The molecule has 4 heteroatoms. The van der Waals surface area contributed by atoms with Crippen LogP contribution in [0.1, 0.15) is 10.4 Å². The molecule has 1 aliphatic heterocycles. The summed E-state index contributed by atoms with van der Waals surface area (Å²) in [6.07, 6.45) is 1.56. The van der Waals surface area contributed by atoms with Crippen LogP contribution in [0.15, 0.2) is 42.2 Å². The van der Waals surface area contributed by atoms with Gasteiger partial charge in [0.2, 0.25) is 0 Å². The van der Waals surface area contributed by atoms with Crippen LogP contribution >= 0.6 is 0 Å². The molecule has 1 heterocycles. The van der Waals surface area contributed by atoms with E-state index in [-0.39, 0.29) is 5.78 Å². The summed E-state index contributed by atoms with van der Waals surface area (Å²) in [5.74, 6) is 0.693. The molecular weight excluding hydrogens is 214 g/mol. The molecule has 1 N–H and O–H groups in total. The van der Waals surface area contributed by atoms with E-state index in [1.165, 1.54) is 0 Å². The fraction of sp³-hybridized carbons (Fsp3) is 0.231. The zero-order valence-corrected chi connectivity index (χ0v) is 9.39. The SMILES string of the molecule is N#CCN1CCN/C1=C\C(=O)c1ccccc1. The Morgan fingerprint density at radius 3 is 2.94 bits per heavy atom. The van der Waals surface area contributed by atoms with E-state index in [2.05, 4.69) is 11.4 Å². The summed E-state index contributed by atoms with van der Waals surface area (Å²) in [7, 11) is 0. The molecule has 2 rings (SSSR count). The lowest BCUT2D eigenvalue weighted by molar-refractivity contribution is 0.104. The Morgan fingerprint density at radius 1 is 1.47 bits per heavy atom. The van der Waals surface area contributed by atoms with Crippen molar-refractivity contribution in [1.29, 1.82) is 5.26 Å². The molecule has 0 saturated carbocycles. The number of carbonyl (C=O) groups excluding carboxylic acids is 1. The summed E-state index contributed by atoms with van der Waals surface area (Å²) in [5.41, 5.74) is 0.658. The first-order chi connectivity index (χ1) is 8.31. The number of rotatable bonds is 3. The van der Waals surface area contributed by atoms with E-state index in [0.717, 1.165) is 18.9 Å². The lowest BCUT2D eigenvalue weighted by Crippen LogP contribution is -2.21. The fourth-order valence-corrected chi connectivity index (χ4v) is 1.75. The van der Waals surface area contributed by atoms with Crippen LogP contribution in [-0.2, 0) is 0 Å². The van der Waals surface area contributed by atoms with Gasteiger partial charge in [-0.1, -0.05) is 30.3 Å². The van der Waals surface area contributed by atoms with Crippen LogP contribution in [0.3, 0.4) is 0 Å². The van der Waals surface area contributed by atoms with E-state index in [9.17, 15) is 4.79 Å². The minimum Gasteiger partial charge on any atom is -0.370 e. The number of hydrogen-bond donors (Lipinski definition) is 1. The van der Waals surface area contributed by atoms with Crippen molar-refractivity contribution in [3.63, 3.8) is 0 Å². The Bertz CT molecular complexity index is 473. The Balaban J connectivity index is 2.14. The van der Waals surface area contributed by atoms with Gasteiger partial charge in [-0.15, -0.1) is 0 Å². The highest BCUT2D eigenvalue weighted by Crippen LogP contribution is 2.09. The highest BCUT2D eigenvalue weighted by atomic mass is 16.1. The molecule has 0 radical (unpaired) electrons. The molecule has 1 aliphatic rings. The standard InChI is InChI=1S/C13H13N3O/c14-6-8-16-9-7-15-13(16)10-12(17)11-4-2-1-3-5-11/h1-5,10,15H,7-9H2/b13-10+. The van der Waals surface area contributed by atoms with Crippen LogP contribution in [0.2, 0.25) is 0 Å². The molecule has 1 saturated heterocycles. The predicted octanol–water partition coefficient (Wildman–Crippen LogP) is 1.14. The van der Waals surface area contributed by atoms with Crippen LogP contribution in [0, 0.1) is 11.3 Å². The van der Waals surface area contributed by atoms with Gasteiger partial charge in [-0.2, -0.15) is 5.26 Å². The van der Waals surface area contributed by atoms with Crippen LogP contribution in [0.4, 0.5) is 0 Å². The summed E-state index contributed by atoms with van der Waals surface area (Å²) in [6, 6.07) is 11.2. The Morgan fingerprint density at radius 2 is 2.24 bits per heavy atom. The number of nitriles is 1. The first-order valence-electron chi connectivity index (χ1n) is 5.48. The molecule has 0 bridgehead atoms. The summed E-state index contributed by atoms with van der Waals surface area (Å²) < 4.78 is 0. The van der Waals surface area contributed by atoms with Gasteiger partial charge in [0.1, 0.15) is 12.4 Å². The molecule has 4 nitrogen and oxygen atoms in total. The number of benzene rings is 1. The number of nitrogens with one attached hydrogen (secondary N) is 1. The molecule has 1 aromatic carbocycles. The second-order valence-electron chi connectivity index (χ2n) is 3.77. The molecule has 1 aromatic rings. The van der Waals surface area contributed by atoms with E-state index in [0.29, 0.717) is 12.1 Å². The first-order valence-corrected chi connectivity index (χ1v) is 5.48. The second kappa shape index (κ2) is 5.17. The first kappa shape index (κ1) is 11.2. The van der Waals surface area contributed by atoms with Gasteiger partial charge < -0.3 is 10.2 Å². The minimum atomic E-state index is -0.0436. The quantitative estimate of drug-likeness (QED) is 0.478. The van der Waals surface area contributed by atoms with Crippen molar-refractivity contribution in [3.8, 4) is 6.07 Å². The van der Waals surface area contributed by atoms with Gasteiger partial charge in [0.25, 0.3) is 0 Å². The Hall–Kier alpha value is -2.28. The summed E-state index contributed by atoms with van der Waals surface area (Å²) in [6.45, 7) is 1.85. The molecule has 0 atom stereocenters. The lowest BCUT2D eigenvalue weighted by Gasteiger charge is -2.13. The third-order valence-electron chi connectivity index (χ3n) is 2.62. The molecule has 0 amide bonds. The third-order valence-corrected chi connectivity index (χ3v) is 2.62. The van der Waals surface area contributed by atoms with Gasteiger partial charge in [-0.05, 0) is 0 Å². The molecule has 0 unspecified atom stereocenters. The van der Waals surface area contributed by atoms with Crippen LogP contribution in [0.25, 0.3) is 0 Å². The fourth-order valence-electron chi connectivity index (χ4n) is 1.75. The van der Waals surface area contributed by atoms with Gasteiger partial charge in [0.15, 0.2) is 5.78 Å². The molecule has 0 aliphatic carbocycles. The molecule has 86 valence electrons. The van der Waals surface area contributed by atoms with Crippen molar-refractivity contribution >= 4 is 5.78 Å². The summed E-state index contributed by atoms with van der Waals surface area (Å²) >= 11 is 0. The normalized spacial score (nSPS) is 16.6. The number of allylic oxidation sites excluding steroid dienone is 1. The maximum Gasteiger partial charge on any atom is 0.189 e. The highest BCUT2D eigenvalue weighted by molar-refractivity contribution is 6.04. The zero-order chi connectivity index (χ0) is 12.1. The van der Waals surface area contributed by atoms with Crippen LogP contribution < -0.4 is 5.32 Å². The van der Waals surface area contributed by atoms with Gasteiger partial charge in [-0.25, -0.2) is 0 Å². The Kier molecular flexibility index (Phi) is 3.41. The third kappa shape index (κ3) is 2.64. The van der Waals surface area contributed by atoms with Crippen molar-refractivity contribution < 1.29 is 4.79 Å². The van der Waals surface area contributed by atoms with Gasteiger partial charge in [-0.3, -0.25) is 4.79 Å². The molecule has 0 spiro atoms. The lowest BCUT2D eigenvalue weighted by atomic mass is 10.1. The smallest absolute Gasteiger partial charge is 0.189 e. The number of hydrogen-bond acceptors (Lipinski definition) is 4. The maximum atomic E-state index is 11.9. The maximum absolute atomic E-state index is 11.9. The van der Waals surface area contributed by atoms with Crippen molar-refractivity contribution in [2.24, 2.45) is 0 Å². The number of ketones is 1. The number of nitrogens with zero attached hydrogens (tertiary/aromatic N) is 2. The molecule has 0 aromatic heterocycles. The van der Waals surface area contributed by atoms with Gasteiger partial charge in [0.05, 0.1) is 6.07 Å². The van der Waals surface area contributed by atoms with Gasteiger partial charge in [0, 0.05) is 24.7 Å². The Labute approximate surface area is 100 Å². The molecule has 1 fully saturated rings. The van der Waals surface area contributed by atoms with E-state index < -0.39 is 0 Å². The van der Waals surface area contributed by atoms with Gasteiger partial charge >= 0.3 is 0 Å². The summed E-state index contributed by atoms with van der Waals surface area (Å²) in [4.78, 5) is 13.8. The largest absolute Gasteiger partial charge is 0.370 e. The monoisotopic (exact) mass is 227 g/mol. The van der Waals surface area contributed by atoms with Crippen molar-refractivity contribution in [1.82, 2.24) is 10.2 Å². The van der Waals surface area contributed by atoms with Crippen LogP contribution in [0.5, 0.6) is 0 Å². The topological polar surface area (TPSA) is 56.1 Å². The van der Waals surface area contributed by atoms with Crippen LogP contribution in [-0.4, -0.2) is 30.3 Å². The van der Waals surface area contributed by atoms with E-state index >= 15 is 0 Å². The average Bonchev–Trinajstić information content (AvgIpc) is 2.78. The average molecular weight is 227 g/mol. The van der Waals surface area contributed by atoms with Crippen molar-refractivity contribution in [2.45, 2.75) is 0 Å². The predicted molar refractivity (Wildman–Crippen MR) is 64.0 cm³/mol. The molecular formula is C13H13N3O. The van der Waals surface area contributed by atoms with E-state index in [4.69, 9.17) is 5.26 Å². The highest BCUT2D eigenvalue weighted by Gasteiger charge is 2.16. The van der Waals surface area contributed by atoms with Crippen molar-refractivity contribution in [3.05, 3.63) is 47.8 Å². The van der Waals surface area contributed by atoms with E-state index in [1.54, 1.807) is 18.2 Å². The van der Waals surface area contributed by atoms with E-state index in [1.807, 2.05) is 23.1 Å². The number of carbonyl (C=O) groups is 1. The summed E-state index contributed by atoms with van der Waals surface area (Å²) in [5, 5.41) is 11.8. The second-order valence-corrected chi connectivity index (χ2v) is 3.77. The zero-order valence-electron chi connectivity index (χ0n) is 9.39. The minimum absolute atomic E-state index is 0.0436. The molecule has 17 heavy (non-hydrogen) atoms.